The maximum atomic E-state index is 13.5. The van der Waals surface area contributed by atoms with E-state index in [-0.39, 0.29) is 18.3 Å². The molecule has 1 aliphatic carbocycles. The predicted octanol–water partition coefficient (Wildman–Crippen LogP) is 3.39. The molecule has 2 aromatic rings. The fourth-order valence-electron chi connectivity index (χ4n) is 2.59. The summed E-state index contributed by atoms with van der Waals surface area (Å²) in [7, 11) is 0. The summed E-state index contributed by atoms with van der Waals surface area (Å²) in [6.07, 6.45) is 2.12. The number of benzene rings is 1. The third-order valence-corrected chi connectivity index (χ3v) is 3.88. The third-order valence-electron chi connectivity index (χ3n) is 3.88. The fraction of sp³-hybridized carbons (Fsp3) is 0.444. The second-order valence-corrected chi connectivity index (χ2v) is 6.58. The van der Waals surface area contributed by atoms with Crippen LogP contribution in [0.2, 0.25) is 0 Å². The molecule has 0 aliphatic heterocycles. The Morgan fingerprint density at radius 2 is 2.17 bits per heavy atom. The molecule has 0 spiro atoms. The Hall–Kier alpha value is -2.37. The molecular formula is C18H22FN3O2. The van der Waals surface area contributed by atoms with Crippen molar-refractivity contribution in [2.45, 2.75) is 39.3 Å². The van der Waals surface area contributed by atoms with Gasteiger partial charge in [0.2, 0.25) is 0 Å². The number of hydrogen-bond donors (Lipinski definition) is 1. The number of rotatable bonds is 7. The van der Waals surface area contributed by atoms with Gasteiger partial charge in [0.15, 0.2) is 17.3 Å². The van der Waals surface area contributed by atoms with Crippen LogP contribution in [0.3, 0.4) is 0 Å². The van der Waals surface area contributed by atoms with E-state index in [4.69, 9.17) is 4.74 Å². The van der Waals surface area contributed by atoms with Crippen LogP contribution in [-0.4, -0.2) is 33.6 Å². The number of para-hydroxylation sites is 1. The Labute approximate surface area is 140 Å². The lowest BCUT2D eigenvalue weighted by molar-refractivity contribution is 0.0716. The van der Waals surface area contributed by atoms with Crippen LogP contribution in [0, 0.1) is 11.7 Å². The maximum absolute atomic E-state index is 13.5. The number of carbonyl (C=O) groups is 1. The molecule has 1 aromatic carbocycles. The van der Waals surface area contributed by atoms with Gasteiger partial charge in [-0.15, -0.1) is 0 Å². The highest BCUT2D eigenvalue weighted by atomic mass is 19.1. The van der Waals surface area contributed by atoms with Gasteiger partial charge in [0.05, 0.1) is 5.69 Å². The molecule has 1 aliphatic rings. The van der Waals surface area contributed by atoms with Crippen molar-refractivity contribution in [1.82, 2.24) is 15.1 Å². The average molecular weight is 331 g/mol. The minimum absolute atomic E-state index is 0.0559. The van der Waals surface area contributed by atoms with E-state index in [0.29, 0.717) is 23.3 Å². The van der Waals surface area contributed by atoms with Gasteiger partial charge in [-0.2, -0.15) is 5.10 Å². The van der Waals surface area contributed by atoms with Gasteiger partial charge >= 0.3 is 0 Å². The maximum Gasteiger partial charge on any atom is 0.274 e. The van der Waals surface area contributed by atoms with Crippen molar-refractivity contribution in [3.8, 4) is 5.75 Å². The Balaban J connectivity index is 1.64. The van der Waals surface area contributed by atoms with Gasteiger partial charge in [-0.3, -0.25) is 9.89 Å². The molecule has 0 radical (unpaired) electrons. The lowest BCUT2D eigenvalue weighted by atomic mass is 10.2. The lowest BCUT2D eigenvalue weighted by Gasteiger charge is -2.23. The van der Waals surface area contributed by atoms with Gasteiger partial charge in [0.25, 0.3) is 5.91 Å². The molecule has 0 unspecified atom stereocenters. The van der Waals surface area contributed by atoms with Crippen LogP contribution in [0.4, 0.5) is 4.39 Å². The Morgan fingerprint density at radius 3 is 2.83 bits per heavy atom. The minimum Gasteiger partial charge on any atom is -0.484 e. The summed E-state index contributed by atoms with van der Waals surface area (Å²) in [4.78, 5) is 14.6. The molecule has 1 fully saturated rings. The second-order valence-electron chi connectivity index (χ2n) is 6.58. The highest BCUT2D eigenvalue weighted by Gasteiger charge is 2.34. The molecule has 1 amide bonds. The first kappa shape index (κ1) is 16.5. The number of hydrogen-bond acceptors (Lipinski definition) is 3. The van der Waals surface area contributed by atoms with E-state index < -0.39 is 5.82 Å². The molecule has 3 rings (SSSR count). The number of amides is 1. The van der Waals surface area contributed by atoms with E-state index in [1.165, 1.54) is 6.07 Å². The number of nitrogens with zero attached hydrogens (tertiary/aromatic N) is 2. The molecule has 1 aromatic heterocycles. The van der Waals surface area contributed by atoms with Gasteiger partial charge in [-0.05, 0) is 37.0 Å². The van der Waals surface area contributed by atoms with E-state index >= 15 is 0 Å². The first-order valence-corrected chi connectivity index (χ1v) is 8.27. The van der Waals surface area contributed by atoms with Gasteiger partial charge in [0.1, 0.15) is 6.61 Å². The largest absolute Gasteiger partial charge is 0.484 e. The van der Waals surface area contributed by atoms with Crippen molar-refractivity contribution < 1.29 is 13.9 Å². The zero-order valence-electron chi connectivity index (χ0n) is 14.0. The molecular weight excluding hydrogens is 309 g/mol. The monoisotopic (exact) mass is 331 g/mol. The van der Waals surface area contributed by atoms with Crippen molar-refractivity contribution in [3.05, 3.63) is 47.5 Å². The summed E-state index contributed by atoms with van der Waals surface area (Å²) in [5.41, 5.74) is 1.02. The summed E-state index contributed by atoms with van der Waals surface area (Å²) in [5.74, 6) is 0.126. The first-order chi connectivity index (χ1) is 11.5. The van der Waals surface area contributed by atoms with Crippen molar-refractivity contribution in [2.75, 3.05) is 6.54 Å². The highest BCUT2D eigenvalue weighted by Crippen LogP contribution is 2.29. The van der Waals surface area contributed by atoms with Crippen LogP contribution in [0.5, 0.6) is 5.75 Å². The van der Waals surface area contributed by atoms with Crippen molar-refractivity contribution in [3.63, 3.8) is 0 Å². The molecule has 5 nitrogen and oxygen atoms in total. The normalized spacial score (nSPS) is 14.0. The van der Waals surface area contributed by atoms with Crippen LogP contribution in [0.1, 0.15) is 42.9 Å². The number of H-pyrrole nitrogens is 1. The minimum atomic E-state index is -0.412. The number of aromatic nitrogens is 2. The van der Waals surface area contributed by atoms with Gasteiger partial charge in [-0.25, -0.2) is 4.39 Å². The Morgan fingerprint density at radius 1 is 1.42 bits per heavy atom. The smallest absolute Gasteiger partial charge is 0.274 e. The number of aromatic amines is 1. The van der Waals surface area contributed by atoms with Crippen molar-refractivity contribution in [2.24, 2.45) is 5.92 Å². The fourth-order valence-corrected chi connectivity index (χ4v) is 2.59. The SMILES string of the molecule is CC(C)CN(C(=O)c1cc(COc2ccccc2F)[nH]n1)C1CC1. The molecule has 0 bridgehead atoms. The standard InChI is InChI=1S/C18H22FN3O2/c1-12(2)10-22(14-7-8-14)18(23)16-9-13(20-21-16)11-24-17-6-4-3-5-15(17)19/h3-6,9,12,14H,7-8,10-11H2,1-2H3,(H,20,21). The van der Waals surface area contributed by atoms with E-state index in [9.17, 15) is 9.18 Å². The molecule has 24 heavy (non-hydrogen) atoms. The molecule has 1 N–H and O–H groups in total. The summed E-state index contributed by atoms with van der Waals surface area (Å²) in [6, 6.07) is 8.25. The lowest BCUT2D eigenvalue weighted by Crippen LogP contribution is -2.36. The van der Waals surface area contributed by atoms with E-state index in [2.05, 4.69) is 24.0 Å². The first-order valence-electron chi connectivity index (χ1n) is 8.27. The topological polar surface area (TPSA) is 58.2 Å². The van der Waals surface area contributed by atoms with Crippen LogP contribution < -0.4 is 4.74 Å². The molecule has 128 valence electrons. The molecule has 1 saturated carbocycles. The summed E-state index contributed by atoms with van der Waals surface area (Å²) in [5, 5.41) is 6.90. The van der Waals surface area contributed by atoms with Crippen LogP contribution in [-0.2, 0) is 6.61 Å². The molecule has 6 heteroatoms. The number of ether oxygens (including phenoxy) is 1. The zero-order valence-corrected chi connectivity index (χ0v) is 14.0. The molecule has 1 heterocycles. The summed E-state index contributed by atoms with van der Waals surface area (Å²) < 4.78 is 19.0. The second kappa shape index (κ2) is 7.03. The number of carbonyl (C=O) groups excluding carboxylic acids is 1. The number of halogens is 1. The van der Waals surface area contributed by atoms with Crippen molar-refractivity contribution in [1.29, 1.82) is 0 Å². The molecule has 0 saturated heterocycles. The van der Waals surface area contributed by atoms with Crippen LogP contribution >= 0.6 is 0 Å². The van der Waals surface area contributed by atoms with Gasteiger partial charge in [-0.1, -0.05) is 26.0 Å². The Bertz CT molecular complexity index is 710. The van der Waals surface area contributed by atoms with Crippen molar-refractivity contribution >= 4 is 5.91 Å². The summed E-state index contributed by atoms with van der Waals surface area (Å²) in [6.45, 7) is 5.06. The van der Waals surface area contributed by atoms with Crippen LogP contribution in [0.25, 0.3) is 0 Å². The van der Waals surface area contributed by atoms with Crippen LogP contribution in [0.15, 0.2) is 30.3 Å². The molecule has 0 atom stereocenters. The van der Waals surface area contributed by atoms with E-state index in [0.717, 1.165) is 19.4 Å². The van der Waals surface area contributed by atoms with Gasteiger partial charge < -0.3 is 9.64 Å². The van der Waals surface area contributed by atoms with Gasteiger partial charge in [0, 0.05) is 12.6 Å². The average Bonchev–Trinajstić information content (AvgIpc) is 3.29. The Kier molecular flexibility index (Phi) is 4.83. The van der Waals surface area contributed by atoms with E-state index in [1.54, 1.807) is 24.3 Å². The van der Waals surface area contributed by atoms with E-state index in [1.807, 2.05) is 4.90 Å². The number of nitrogens with one attached hydrogen (secondary N) is 1. The quantitative estimate of drug-likeness (QED) is 0.846. The third kappa shape index (κ3) is 3.93. The predicted molar refractivity (Wildman–Crippen MR) is 88.2 cm³/mol. The zero-order chi connectivity index (χ0) is 17.1. The summed E-state index contributed by atoms with van der Waals surface area (Å²) >= 11 is 0. The highest BCUT2D eigenvalue weighted by molar-refractivity contribution is 5.92.